The van der Waals surface area contributed by atoms with Gasteiger partial charge in [0.2, 0.25) is 0 Å². The van der Waals surface area contributed by atoms with E-state index in [4.69, 9.17) is 0 Å². The first-order chi connectivity index (χ1) is 12.1. The van der Waals surface area contributed by atoms with Crippen molar-refractivity contribution in [2.75, 3.05) is 6.54 Å². The molecule has 0 saturated carbocycles. The van der Waals surface area contributed by atoms with Gasteiger partial charge in [0.1, 0.15) is 5.82 Å². The van der Waals surface area contributed by atoms with Crippen molar-refractivity contribution in [3.05, 3.63) is 77.9 Å². The molecule has 0 spiro atoms. The van der Waals surface area contributed by atoms with Gasteiger partial charge in [0.05, 0.1) is 11.8 Å². The van der Waals surface area contributed by atoms with Crippen LogP contribution < -0.4 is 5.32 Å². The molecule has 1 amide bonds. The number of amides is 1. The van der Waals surface area contributed by atoms with E-state index < -0.39 is 0 Å². The van der Waals surface area contributed by atoms with E-state index in [1.807, 2.05) is 30.3 Å². The summed E-state index contributed by atoms with van der Waals surface area (Å²) in [5, 5.41) is 6.87. The molecule has 5 heteroatoms. The van der Waals surface area contributed by atoms with Gasteiger partial charge in [0, 0.05) is 25.4 Å². The lowest BCUT2D eigenvalue weighted by Crippen LogP contribution is -2.24. The molecule has 3 rings (SSSR count). The molecule has 0 aliphatic heterocycles. The zero-order chi connectivity index (χ0) is 17.6. The summed E-state index contributed by atoms with van der Waals surface area (Å²) in [5.74, 6) is -0.323. The van der Waals surface area contributed by atoms with E-state index in [2.05, 4.69) is 10.4 Å². The third kappa shape index (κ3) is 4.32. The quantitative estimate of drug-likeness (QED) is 0.699. The minimum absolute atomic E-state index is 0.108. The van der Waals surface area contributed by atoms with Gasteiger partial charge < -0.3 is 5.32 Å². The lowest BCUT2D eigenvalue weighted by Gasteiger charge is -2.06. The number of rotatable bonds is 6. The molecule has 3 aromatic rings. The van der Waals surface area contributed by atoms with Crippen molar-refractivity contribution in [3.8, 4) is 11.1 Å². The summed E-state index contributed by atoms with van der Waals surface area (Å²) in [4.78, 5) is 11.9. The Kier molecular flexibility index (Phi) is 5.23. The highest BCUT2D eigenvalue weighted by Gasteiger charge is 2.07. The third-order valence-corrected chi connectivity index (χ3v) is 4.03. The van der Waals surface area contributed by atoms with Gasteiger partial charge in [-0.05, 0) is 30.0 Å². The Morgan fingerprint density at radius 2 is 1.92 bits per heavy atom. The topological polar surface area (TPSA) is 46.9 Å². The number of carbonyl (C=O) groups excluding carboxylic acids is 1. The Morgan fingerprint density at radius 3 is 2.60 bits per heavy atom. The summed E-state index contributed by atoms with van der Waals surface area (Å²) in [7, 11) is 1.78. The smallest absolute Gasteiger partial charge is 0.254 e. The van der Waals surface area contributed by atoms with Crippen LogP contribution >= 0.6 is 0 Å². The van der Waals surface area contributed by atoms with Crippen molar-refractivity contribution in [2.45, 2.75) is 12.8 Å². The van der Waals surface area contributed by atoms with Crippen molar-refractivity contribution in [3.63, 3.8) is 0 Å². The van der Waals surface area contributed by atoms with Crippen molar-refractivity contribution < 1.29 is 9.18 Å². The van der Waals surface area contributed by atoms with E-state index >= 15 is 0 Å². The summed E-state index contributed by atoms with van der Waals surface area (Å²) >= 11 is 0. The Hall–Kier alpha value is -2.95. The average molecular weight is 337 g/mol. The van der Waals surface area contributed by atoms with Crippen molar-refractivity contribution in [1.29, 1.82) is 0 Å². The summed E-state index contributed by atoms with van der Waals surface area (Å²) in [6, 6.07) is 14.6. The number of aromatic nitrogens is 2. The third-order valence-electron chi connectivity index (χ3n) is 4.03. The maximum atomic E-state index is 13.8. The number of aryl methyl sites for hydroxylation is 2. The highest BCUT2D eigenvalue weighted by atomic mass is 19.1. The van der Waals surface area contributed by atoms with Crippen LogP contribution in [0.3, 0.4) is 0 Å². The van der Waals surface area contributed by atoms with Gasteiger partial charge >= 0.3 is 0 Å². The van der Waals surface area contributed by atoms with Crippen molar-refractivity contribution >= 4 is 5.91 Å². The molecule has 0 bridgehead atoms. The second-order valence-corrected chi connectivity index (χ2v) is 5.94. The van der Waals surface area contributed by atoms with Crippen LogP contribution in [0.15, 0.2) is 60.9 Å². The average Bonchev–Trinajstić information content (AvgIpc) is 3.06. The van der Waals surface area contributed by atoms with E-state index in [0.717, 1.165) is 24.0 Å². The normalized spacial score (nSPS) is 10.6. The minimum atomic E-state index is -0.214. The molecule has 0 atom stereocenters. The fraction of sp³-hybridized carbons (Fsp3) is 0.200. The highest BCUT2D eigenvalue weighted by Crippen LogP contribution is 2.22. The monoisotopic (exact) mass is 337 g/mol. The standard InChI is InChI=1S/C20H20FN3O/c1-24-14-17(13-23-24)20(25)22-12-4-5-15-8-10-16(11-9-15)18-6-2-3-7-19(18)21/h2-3,6-11,13-14H,4-5,12H2,1H3,(H,22,25). The highest BCUT2D eigenvalue weighted by molar-refractivity contribution is 5.93. The van der Waals surface area contributed by atoms with Crippen LogP contribution in [0.5, 0.6) is 0 Å². The first kappa shape index (κ1) is 16.9. The Morgan fingerprint density at radius 1 is 1.16 bits per heavy atom. The zero-order valence-electron chi connectivity index (χ0n) is 14.1. The number of nitrogens with one attached hydrogen (secondary N) is 1. The van der Waals surface area contributed by atoms with Crippen LogP contribution in [-0.2, 0) is 13.5 Å². The summed E-state index contributed by atoms with van der Waals surface area (Å²) < 4.78 is 15.4. The molecule has 4 nitrogen and oxygen atoms in total. The number of carbonyl (C=O) groups is 1. The molecule has 1 aromatic heterocycles. The van der Waals surface area contributed by atoms with E-state index in [1.165, 1.54) is 6.07 Å². The van der Waals surface area contributed by atoms with Crippen LogP contribution in [0.25, 0.3) is 11.1 Å². The predicted molar refractivity (Wildman–Crippen MR) is 95.7 cm³/mol. The van der Waals surface area contributed by atoms with E-state index in [9.17, 15) is 9.18 Å². The maximum Gasteiger partial charge on any atom is 0.254 e. The number of nitrogens with zero attached hydrogens (tertiary/aromatic N) is 2. The molecule has 25 heavy (non-hydrogen) atoms. The molecule has 1 heterocycles. The second kappa shape index (κ2) is 7.75. The number of hydrogen-bond donors (Lipinski definition) is 1. The molecule has 0 aliphatic carbocycles. The largest absolute Gasteiger partial charge is 0.352 e. The van der Waals surface area contributed by atoms with Crippen LogP contribution in [0.2, 0.25) is 0 Å². The van der Waals surface area contributed by atoms with Gasteiger partial charge in [0.15, 0.2) is 0 Å². The first-order valence-corrected chi connectivity index (χ1v) is 8.24. The van der Waals surface area contributed by atoms with E-state index in [0.29, 0.717) is 17.7 Å². The van der Waals surface area contributed by atoms with Crippen LogP contribution in [0, 0.1) is 5.82 Å². The molecular formula is C20H20FN3O. The lowest BCUT2D eigenvalue weighted by atomic mass is 10.0. The zero-order valence-corrected chi connectivity index (χ0v) is 14.1. The van der Waals surface area contributed by atoms with Gasteiger partial charge in [-0.1, -0.05) is 42.5 Å². The molecule has 0 unspecified atom stereocenters. The second-order valence-electron chi connectivity index (χ2n) is 5.94. The Bertz CT molecular complexity index is 855. The van der Waals surface area contributed by atoms with Gasteiger partial charge in [0.25, 0.3) is 5.91 Å². The van der Waals surface area contributed by atoms with Crippen molar-refractivity contribution in [2.24, 2.45) is 7.05 Å². The van der Waals surface area contributed by atoms with Crippen LogP contribution in [-0.4, -0.2) is 22.2 Å². The predicted octanol–water partition coefficient (Wildman–Crippen LogP) is 3.59. The van der Waals surface area contributed by atoms with E-state index in [-0.39, 0.29) is 11.7 Å². The van der Waals surface area contributed by atoms with Gasteiger partial charge in [-0.25, -0.2) is 4.39 Å². The summed E-state index contributed by atoms with van der Waals surface area (Å²) in [6.45, 7) is 0.600. The number of halogens is 1. The van der Waals surface area contributed by atoms with Gasteiger partial charge in [-0.3, -0.25) is 9.48 Å². The lowest BCUT2D eigenvalue weighted by molar-refractivity contribution is 0.0953. The first-order valence-electron chi connectivity index (χ1n) is 8.24. The van der Waals surface area contributed by atoms with Crippen LogP contribution in [0.4, 0.5) is 4.39 Å². The Balaban J connectivity index is 1.49. The minimum Gasteiger partial charge on any atom is -0.352 e. The maximum absolute atomic E-state index is 13.8. The van der Waals surface area contributed by atoms with Crippen molar-refractivity contribution in [1.82, 2.24) is 15.1 Å². The number of benzene rings is 2. The molecular weight excluding hydrogens is 317 g/mol. The Labute approximate surface area is 146 Å². The summed E-state index contributed by atoms with van der Waals surface area (Å²) in [5.41, 5.74) is 3.21. The molecule has 0 fully saturated rings. The van der Waals surface area contributed by atoms with Crippen LogP contribution in [0.1, 0.15) is 22.3 Å². The van der Waals surface area contributed by atoms with Gasteiger partial charge in [-0.2, -0.15) is 5.10 Å². The SMILES string of the molecule is Cn1cc(C(=O)NCCCc2ccc(-c3ccccc3F)cc2)cn1. The molecule has 2 aromatic carbocycles. The molecule has 0 radical (unpaired) electrons. The van der Waals surface area contributed by atoms with Gasteiger partial charge in [-0.15, -0.1) is 0 Å². The summed E-state index contributed by atoms with van der Waals surface area (Å²) in [6.07, 6.45) is 4.93. The van der Waals surface area contributed by atoms with E-state index in [1.54, 1.807) is 36.3 Å². The fourth-order valence-electron chi connectivity index (χ4n) is 2.68. The number of hydrogen-bond acceptors (Lipinski definition) is 2. The molecule has 128 valence electrons. The molecule has 0 saturated heterocycles. The molecule has 0 aliphatic rings. The fourth-order valence-corrected chi connectivity index (χ4v) is 2.68. The molecule has 1 N–H and O–H groups in total.